The average Bonchev–Trinajstić information content (AvgIpc) is 2.65. The molecule has 2 nitrogen and oxygen atoms in total. The Hall–Kier alpha value is 0.270. The maximum Gasteiger partial charge on any atom is 0.0783 e. The van der Waals surface area contributed by atoms with Crippen LogP contribution in [0.1, 0.15) is 26.2 Å². The van der Waals surface area contributed by atoms with Gasteiger partial charge in [-0.05, 0) is 44.9 Å². The van der Waals surface area contributed by atoms with Crippen LogP contribution in [0.2, 0.25) is 0 Å². The predicted octanol–water partition coefficient (Wildman–Crippen LogP) is 1.90. The van der Waals surface area contributed by atoms with E-state index in [0.717, 1.165) is 12.5 Å². The van der Waals surface area contributed by atoms with E-state index >= 15 is 0 Å². The average molecular weight is 215 g/mol. The molecule has 0 bridgehead atoms. The van der Waals surface area contributed by atoms with E-state index in [4.69, 9.17) is 4.74 Å². The molecule has 0 aromatic heterocycles. The van der Waals surface area contributed by atoms with Crippen molar-refractivity contribution in [3.05, 3.63) is 0 Å². The number of rotatable bonds is 2. The first-order chi connectivity index (χ1) is 6.76. The molecule has 0 saturated carbocycles. The lowest BCUT2D eigenvalue weighted by atomic mass is 9.82. The van der Waals surface area contributed by atoms with Gasteiger partial charge in [0.1, 0.15) is 0 Å². The fraction of sp³-hybridized carbons (Fsp3) is 1.00. The molecule has 0 aromatic carbocycles. The molecule has 2 aliphatic rings. The number of hydrogen-bond donors (Lipinski definition) is 1. The Balaban J connectivity index is 1.96. The molecule has 3 unspecified atom stereocenters. The van der Waals surface area contributed by atoms with Crippen molar-refractivity contribution >= 4 is 11.8 Å². The molecule has 0 amide bonds. The largest absolute Gasteiger partial charge is 0.374 e. The molecular weight excluding hydrogens is 194 g/mol. The lowest BCUT2D eigenvalue weighted by Crippen LogP contribution is -2.45. The van der Waals surface area contributed by atoms with Gasteiger partial charge in [-0.25, -0.2) is 0 Å². The Kier molecular flexibility index (Phi) is 3.40. The molecule has 0 radical (unpaired) electrons. The highest BCUT2D eigenvalue weighted by atomic mass is 32.2. The summed E-state index contributed by atoms with van der Waals surface area (Å²) < 4.78 is 6.00. The highest BCUT2D eigenvalue weighted by molar-refractivity contribution is 7.99. The Labute approximate surface area is 91.2 Å². The maximum atomic E-state index is 6.00. The zero-order valence-corrected chi connectivity index (χ0v) is 10.0. The summed E-state index contributed by atoms with van der Waals surface area (Å²) in [6.07, 6.45) is 3.76. The summed E-state index contributed by atoms with van der Waals surface area (Å²) in [5.74, 6) is 3.33. The lowest BCUT2D eigenvalue weighted by Gasteiger charge is -2.40. The van der Waals surface area contributed by atoms with Crippen molar-refractivity contribution in [2.75, 3.05) is 25.2 Å². The summed E-state index contributed by atoms with van der Waals surface area (Å²) in [5.41, 5.74) is 0.249. The summed E-state index contributed by atoms with van der Waals surface area (Å²) in [6, 6.07) is 0.640. The molecule has 0 aromatic rings. The van der Waals surface area contributed by atoms with Gasteiger partial charge in [0.15, 0.2) is 0 Å². The van der Waals surface area contributed by atoms with Crippen molar-refractivity contribution in [1.29, 1.82) is 0 Å². The molecule has 2 fully saturated rings. The van der Waals surface area contributed by atoms with E-state index in [-0.39, 0.29) is 5.60 Å². The Morgan fingerprint density at radius 1 is 1.57 bits per heavy atom. The molecule has 2 heterocycles. The van der Waals surface area contributed by atoms with Crippen molar-refractivity contribution in [2.24, 2.45) is 5.92 Å². The van der Waals surface area contributed by atoms with Crippen molar-refractivity contribution in [2.45, 2.75) is 37.8 Å². The molecule has 82 valence electrons. The van der Waals surface area contributed by atoms with Crippen LogP contribution in [-0.2, 0) is 4.74 Å². The minimum atomic E-state index is 0.249. The molecule has 2 aliphatic heterocycles. The van der Waals surface area contributed by atoms with Crippen LogP contribution in [0, 0.1) is 5.92 Å². The maximum absolute atomic E-state index is 6.00. The minimum absolute atomic E-state index is 0.249. The third kappa shape index (κ3) is 2.10. The van der Waals surface area contributed by atoms with Gasteiger partial charge in [0, 0.05) is 18.4 Å². The van der Waals surface area contributed by atoms with Crippen LogP contribution in [0.3, 0.4) is 0 Å². The van der Waals surface area contributed by atoms with Crippen LogP contribution in [0.15, 0.2) is 0 Å². The molecule has 3 heteroatoms. The van der Waals surface area contributed by atoms with E-state index in [2.05, 4.69) is 31.1 Å². The summed E-state index contributed by atoms with van der Waals surface area (Å²) in [6.45, 7) is 3.27. The van der Waals surface area contributed by atoms with Crippen LogP contribution in [0.4, 0.5) is 0 Å². The summed E-state index contributed by atoms with van der Waals surface area (Å²) in [5, 5.41) is 3.38. The van der Waals surface area contributed by atoms with E-state index in [1.165, 1.54) is 30.8 Å². The first kappa shape index (κ1) is 10.8. The van der Waals surface area contributed by atoms with Gasteiger partial charge >= 0.3 is 0 Å². The predicted molar refractivity (Wildman–Crippen MR) is 61.9 cm³/mol. The number of hydrogen-bond acceptors (Lipinski definition) is 3. The van der Waals surface area contributed by atoms with Gasteiger partial charge in [0.05, 0.1) is 5.60 Å². The third-order valence-electron chi connectivity index (χ3n) is 3.76. The second kappa shape index (κ2) is 4.42. The van der Waals surface area contributed by atoms with Crippen LogP contribution < -0.4 is 5.32 Å². The normalized spacial score (nSPS) is 40.3. The Bertz CT molecular complexity index is 192. The molecule has 2 rings (SSSR count). The molecule has 2 saturated heterocycles. The number of ether oxygens (including phenoxy) is 1. The molecular formula is C11H21NOS. The van der Waals surface area contributed by atoms with Crippen molar-refractivity contribution in [3.8, 4) is 0 Å². The Morgan fingerprint density at radius 3 is 3.07 bits per heavy atom. The van der Waals surface area contributed by atoms with Crippen LogP contribution >= 0.6 is 11.8 Å². The van der Waals surface area contributed by atoms with Crippen LogP contribution in [0.25, 0.3) is 0 Å². The van der Waals surface area contributed by atoms with E-state index < -0.39 is 0 Å². The molecule has 0 aliphatic carbocycles. The lowest BCUT2D eigenvalue weighted by molar-refractivity contribution is -0.0837. The van der Waals surface area contributed by atoms with Crippen LogP contribution in [-0.4, -0.2) is 36.8 Å². The summed E-state index contributed by atoms with van der Waals surface area (Å²) in [4.78, 5) is 0. The number of thioether (sulfide) groups is 1. The Morgan fingerprint density at radius 2 is 2.43 bits per heavy atom. The van der Waals surface area contributed by atoms with Crippen LogP contribution in [0.5, 0.6) is 0 Å². The van der Waals surface area contributed by atoms with Gasteiger partial charge < -0.3 is 10.1 Å². The first-order valence-electron chi connectivity index (χ1n) is 5.65. The zero-order valence-electron chi connectivity index (χ0n) is 9.21. The van der Waals surface area contributed by atoms with Gasteiger partial charge in [-0.1, -0.05) is 0 Å². The summed E-state index contributed by atoms with van der Waals surface area (Å²) in [7, 11) is 2.07. The zero-order chi connectivity index (χ0) is 10.0. The second-order valence-corrected chi connectivity index (χ2v) is 5.77. The first-order valence-corrected chi connectivity index (χ1v) is 6.80. The third-order valence-corrected chi connectivity index (χ3v) is 4.98. The quantitative estimate of drug-likeness (QED) is 0.760. The van der Waals surface area contributed by atoms with E-state index in [1.807, 2.05) is 0 Å². The van der Waals surface area contributed by atoms with E-state index in [0.29, 0.717) is 6.04 Å². The fourth-order valence-corrected chi connectivity index (χ4v) is 3.97. The molecule has 3 atom stereocenters. The van der Waals surface area contributed by atoms with Crippen molar-refractivity contribution < 1.29 is 4.74 Å². The van der Waals surface area contributed by atoms with Gasteiger partial charge in [-0.15, -0.1) is 0 Å². The van der Waals surface area contributed by atoms with Gasteiger partial charge in [0.25, 0.3) is 0 Å². The van der Waals surface area contributed by atoms with Gasteiger partial charge in [-0.2, -0.15) is 11.8 Å². The molecule has 1 N–H and O–H groups in total. The van der Waals surface area contributed by atoms with Crippen molar-refractivity contribution in [1.82, 2.24) is 5.32 Å². The summed E-state index contributed by atoms with van der Waals surface area (Å²) >= 11 is 2.06. The van der Waals surface area contributed by atoms with E-state index in [9.17, 15) is 0 Å². The standard InChI is InChI=1S/C11H21NOS/c1-9(12-2)10-3-5-13-11(7-10)4-6-14-8-11/h9-10,12H,3-8H2,1-2H3. The molecule has 14 heavy (non-hydrogen) atoms. The SMILES string of the molecule is CNC(C)C1CCOC2(CCSC2)C1. The monoisotopic (exact) mass is 215 g/mol. The second-order valence-electron chi connectivity index (χ2n) is 4.66. The highest BCUT2D eigenvalue weighted by Crippen LogP contribution is 2.41. The topological polar surface area (TPSA) is 21.3 Å². The number of nitrogens with one attached hydrogen (secondary N) is 1. The van der Waals surface area contributed by atoms with E-state index in [1.54, 1.807) is 0 Å². The fourth-order valence-electron chi connectivity index (χ4n) is 2.59. The minimum Gasteiger partial charge on any atom is -0.374 e. The smallest absolute Gasteiger partial charge is 0.0783 e. The van der Waals surface area contributed by atoms with Gasteiger partial charge in [-0.3, -0.25) is 0 Å². The highest BCUT2D eigenvalue weighted by Gasteiger charge is 2.41. The van der Waals surface area contributed by atoms with Crippen molar-refractivity contribution in [3.63, 3.8) is 0 Å². The van der Waals surface area contributed by atoms with Gasteiger partial charge in [0.2, 0.25) is 0 Å². The molecule has 1 spiro atoms.